The van der Waals surface area contributed by atoms with Crippen LogP contribution >= 0.6 is 0 Å². The fourth-order valence-corrected chi connectivity index (χ4v) is 4.66. The lowest BCUT2D eigenvalue weighted by atomic mass is 10.0. The van der Waals surface area contributed by atoms with E-state index in [1.165, 1.54) is 5.56 Å². The van der Waals surface area contributed by atoms with Crippen molar-refractivity contribution in [1.82, 2.24) is 9.55 Å². The number of nitrogens with zero attached hydrogens (tertiary/aromatic N) is 3. The van der Waals surface area contributed by atoms with Gasteiger partial charge >= 0.3 is 0 Å². The predicted molar refractivity (Wildman–Crippen MR) is 127 cm³/mol. The molecule has 0 aliphatic carbocycles. The summed E-state index contributed by atoms with van der Waals surface area (Å²) in [6, 6.07) is 26.6. The molecule has 1 aliphatic heterocycles. The van der Waals surface area contributed by atoms with Crippen molar-refractivity contribution < 1.29 is 9.53 Å². The molecule has 162 valence electrons. The molecule has 3 aromatic carbocycles. The molecular formula is C27H27N3O2. The highest BCUT2D eigenvalue weighted by molar-refractivity contribution is 5.96. The van der Waals surface area contributed by atoms with Crippen LogP contribution in [0.5, 0.6) is 5.75 Å². The first kappa shape index (κ1) is 20.3. The highest BCUT2D eigenvalue weighted by atomic mass is 16.5. The van der Waals surface area contributed by atoms with Crippen LogP contribution in [0.3, 0.4) is 0 Å². The Hall–Kier alpha value is -3.60. The lowest BCUT2D eigenvalue weighted by Crippen LogP contribution is -2.24. The van der Waals surface area contributed by atoms with Crippen LogP contribution in [0, 0.1) is 0 Å². The van der Waals surface area contributed by atoms with Crippen molar-refractivity contribution in [3.05, 3.63) is 90.3 Å². The topological polar surface area (TPSA) is 47.4 Å². The quantitative estimate of drug-likeness (QED) is 0.406. The first-order chi connectivity index (χ1) is 15.7. The number of aromatic nitrogens is 2. The molecule has 5 heteroatoms. The number of carbonyl (C=O) groups is 1. The maximum atomic E-state index is 13.0. The molecule has 0 spiro atoms. The standard InChI is InChI=1S/C27H27N3O2/c1-3-32-23-15-13-22(14-16-23)29-18-21(17-26(29)31)27-28-24-11-7-8-12-25(24)30(27)19(2)20-9-5-4-6-10-20/h4-16,19,21H,3,17-18H2,1-2H3/t19-,21-/m1/s1. The van der Waals surface area contributed by atoms with E-state index in [0.29, 0.717) is 19.6 Å². The highest BCUT2D eigenvalue weighted by Crippen LogP contribution is 2.36. The summed E-state index contributed by atoms with van der Waals surface area (Å²) in [7, 11) is 0. The van der Waals surface area contributed by atoms with E-state index in [-0.39, 0.29) is 17.9 Å². The second kappa shape index (κ2) is 8.50. The van der Waals surface area contributed by atoms with Crippen molar-refractivity contribution >= 4 is 22.6 Å². The zero-order valence-corrected chi connectivity index (χ0v) is 18.4. The van der Waals surface area contributed by atoms with E-state index in [9.17, 15) is 4.79 Å². The summed E-state index contributed by atoms with van der Waals surface area (Å²) in [4.78, 5) is 19.9. The molecule has 5 rings (SSSR count). The normalized spacial score (nSPS) is 17.1. The molecule has 0 radical (unpaired) electrons. The smallest absolute Gasteiger partial charge is 0.227 e. The monoisotopic (exact) mass is 425 g/mol. The second-order valence-electron chi connectivity index (χ2n) is 8.25. The lowest BCUT2D eigenvalue weighted by Gasteiger charge is -2.21. The molecule has 1 amide bonds. The van der Waals surface area contributed by atoms with E-state index >= 15 is 0 Å². The van der Waals surface area contributed by atoms with Crippen LogP contribution in [-0.4, -0.2) is 28.6 Å². The SMILES string of the molecule is CCOc1ccc(N2C[C@H](c3nc4ccccc4n3[C@H](C)c3ccccc3)CC2=O)cc1. The van der Waals surface area contributed by atoms with Gasteiger partial charge in [0.25, 0.3) is 0 Å². The number of carbonyl (C=O) groups excluding carboxylic acids is 1. The van der Waals surface area contributed by atoms with Gasteiger partial charge in [-0.15, -0.1) is 0 Å². The number of fused-ring (bicyclic) bond motifs is 1. The second-order valence-corrected chi connectivity index (χ2v) is 8.25. The summed E-state index contributed by atoms with van der Waals surface area (Å²) >= 11 is 0. The van der Waals surface area contributed by atoms with Crippen molar-refractivity contribution in [3.8, 4) is 5.75 Å². The van der Waals surface area contributed by atoms with Crippen LogP contribution < -0.4 is 9.64 Å². The summed E-state index contributed by atoms with van der Waals surface area (Å²) in [5.41, 5.74) is 4.20. The van der Waals surface area contributed by atoms with Crippen LogP contribution in [0.1, 0.15) is 43.6 Å². The molecule has 2 atom stereocenters. The van der Waals surface area contributed by atoms with Crippen LogP contribution in [0.25, 0.3) is 11.0 Å². The Morgan fingerprint density at radius 3 is 2.47 bits per heavy atom. The number of para-hydroxylation sites is 2. The molecule has 1 aromatic heterocycles. The van der Waals surface area contributed by atoms with Gasteiger partial charge in [-0.25, -0.2) is 4.98 Å². The number of benzene rings is 3. The van der Waals surface area contributed by atoms with Crippen molar-refractivity contribution in [3.63, 3.8) is 0 Å². The van der Waals surface area contributed by atoms with Crippen LogP contribution in [0.15, 0.2) is 78.9 Å². The molecule has 5 nitrogen and oxygen atoms in total. The minimum absolute atomic E-state index is 0.0348. The molecule has 32 heavy (non-hydrogen) atoms. The molecule has 0 bridgehead atoms. The summed E-state index contributed by atoms with van der Waals surface area (Å²) in [5, 5.41) is 0. The van der Waals surface area contributed by atoms with Gasteiger partial charge in [-0.2, -0.15) is 0 Å². The van der Waals surface area contributed by atoms with Gasteiger partial charge < -0.3 is 14.2 Å². The first-order valence-corrected chi connectivity index (χ1v) is 11.2. The third-order valence-electron chi connectivity index (χ3n) is 6.24. The number of amides is 1. The van der Waals surface area contributed by atoms with E-state index in [0.717, 1.165) is 28.3 Å². The van der Waals surface area contributed by atoms with Gasteiger partial charge in [0.1, 0.15) is 11.6 Å². The number of imidazole rings is 1. The molecule has 0 saturated carbocycles. The van der Waals surface area contributed by atoms with Gasteiger partial charge in [-0.1, -0.05) is 42.5 Å². The molecular weight excluding hydrogens is 398 g/mol. The number of ether oxygens (including phenoxy) is 1. The van der Waals surface area contributed by atoms with Crippen LogP contribution in [-0.2, 0) is 4.79 Å². The molecule has 0 unspecified atom stereocenters. The average molecular weight is 426 g/mol. The number of hydrogen-bond donors (Lipinski definition) is 0. The third-order valence-corrected chi connectivity index (χ3v) is 6.24. The Labute approximate surface area is 188 Å². The molecule has 1 aliphatic rings. The Balaban J connectivity index is 1.50. The number of rotatable bonds is 6. The maximum absolute atomic E-state index is 13.0. The van der Waals surface area contributed by atoms with E-state index < -0.39 is 0 Å². The van der Waals surface area contributed by atoms with Gasteiger partial charge in [-0.3, -0.25) is 4.79 Å². The van der Waals surface area contributed by atoms with Crippen molar-refractivity contribution in [2.75, 3.05) is 18.1 Å². The molecule has 1 fully saturated rings. The molecule has 2 heterocycles. The molecule has 4 aromatic rings. The fraction of sp³-hybridized carbons (Fsp3) is 0.259. The minimum Gasteiger partial charge on any atom is -0.494 e. The van der Waals surface area contributed by atoms with E-state index in [4.69, 9.17) is 9.72 Å². The van der Waals surface area contributed by atoms with Crippen molar-refractivity contribution in [2.45, 2.75) is 32.2 Å². The van der Waals surface area contributed by atoms with Gasteiger partial charge in [0.05, 0.1) is 23.7 Å². The van der Waals surface area contributed by atoms with Gasteiger partial charge in [-0.05, 0) is 55.8 Å². The number of anilines is 1. The van der Waals surface area contributed by atoms with Crippen LogP contribution in [0.4, 0.5) is 5.69 Å². The highest BCUT2D eigenvalue weighted by Gasteiger charge is 2.35. The molecule has 0 N–H and O–H groups in total. The summed E-state index contributed by atoms with van der Waals surface area (Å²) < 4.78 is 7.85. The minimum atomic E-state index is 0.0348. The van der Waals surface area contributed by atoms with Gasteiger partial charge in [0.15, 0.2) is 0 Å². The Morgan fingerprint density at radius 1 is 1.00 bits per heavy atom. The maximum Gasteiger partial charge on any atom is 0.227 e. The Morgan fingerprint density at radius 2 is 1.72 bits per heavy atom. The zero-order chi connectivity index (χ0) is 22.1. The molecule has 1 saturated heterocycles. The largest absolute Gasteiger partial charge is 0.494 e. The summed E-state index contributed by atoms with van der Waals surface area (Å²) in [6.07, 6.45) is 0.456. The average Bonchev–Trinajstić information content (AvgIpc) is 3.40. The predicted octanol–water partition coefficient (Wildman–Crippen LogP) is 5.56. The van der Waals surface area contributed by atoms with E-state index in [1.54, 1.807) is 0 Å². The summed E-state index contributed by atoms with van der Waals surface area (Å²) in [6.45, 7) is 5.41. The van der Waals surface area contributed by atoms with Crippen LogP contribution in [0.2, 0.25) is 0 Å². The fourth-order valence-electron chi connectivity index (χ4n) is 4.66. The van der Waals surface area contributed by atoms with E-state index in [1.807, 2.05) is 60.4 Å². The van der Waals surface area contributed by atoms with E-state index in [2.05, 4.69) is 41.8 Å². The van der Waals surface area contributed by atoms with Crippen molar-refractivity contribution in [2.24, 2.45) is 0 Å². The number of hydrogen-bond acceptors (Lipinski definition) is 3. The summed E-state index contributed by atoms with van der Waals surface area (Å²) in [5.74, 6) is 1.96. The first-order valence-electron chi connectivity index (χ1n) is 11.2. The van der Waals surface area contributed by atoms with Crippen molar-refractivity contribution in [1.29, 1.82) is 0 Å². The Bertz CT molecular complexity index is 1230. The Kier molecular flexibility index (Phi) is 5.39. The lowest BCUT2D eigenvalue weighted by molar-refractivity contribution is -0.117. The zero-order valence-electron chi connectivity index (χ0n) is 18.4. The third kappa shape index (κ3) is 3.64. The van der Waals surface area contributed by atoms with Gasteiger partial charge in [0, 0.05) is 24.6 Å². The van der Waals surface area contributed by atoms with Gasteiger partial charge in [0.2, 0.25) is 5.91 Å².